The average molecular weight is 294 g/mol. The smallest absolute Gasteiger partial charge is 0.243 e. The third kappa shape index (κ3) is 3.52. The Kier molecular flexibility index (Phi) is 5.04. The van der Waals surface area contributed by atoms with Crippen molar-refractivity contribution < 1.29 is 4.79 Å². The highest BCUT2D eigenvalue weighted by atomic mass is 35.5. The monoisotopic (exact) mass is 293 g/mol. The first-order chi connectivity index (χ1) is 9.61. The van der Waals surface area contributed by atoms with Crippen molar-refractivity contribution in [3.05, 3.63) is 41.4 Å². The number of nitrogens with zero attached hydrogens (tertiary/aromatic N) is 2. The Morgan fingerprint density at radius 2 is 2.10 bits per heavy atom. The minimum absolute atomic E-state index is 0.186. The summed E-state index contributed by atoms with van der Waals surface area (Å²) in [5.41, 5.74) is 2.07. The Bertz CT molecular complexity index is 496. The quantitative estimate of drug-likeness (QED) is 0.861. The number of hydrogen-bond donors (Lipinski definition) is 1. The van der Waals surface area contributed by atoms with E-state index in [1.54, 1.807) is 0 Å². The highest BCUT2D eigenvalue weighted by Crippen LogP contribution is 2.28. The second-order valence-electron chi connectivity index (χ2n) is 4.95. The number of nitrogens with one attached hydrogen (secondary N) is 1. The first-order valence-electron chi connectivity index (χ1n) is 6.73. The van der Waals surface area contributed by atoms with E-state index in [9.17, 15) is 4.79 Å². The molecule has 0 aliphatic carbocycles. The Morgan fingerprint density at radius 3 is 2.75 bits per heavy atom. The summed E-state index contributed by atoms with van der Waals surface area (Å²) >= 11 is 6.29. The Morgan fingerprint density at radius 1 is 1.40 bits per heavy atom. The third-order valence-corrected chi connectivity index (χ3v) is 3.92. The van der Waals surface area contributed by atoms with Crippen molar-refractivity contribution in [1.29, 1.82) is 0 Å². The van der Waals surface area contributed by atoms with Crippen LogP contribution in [0.15, 0.2) is 30.9 Å². The van der Waals surface area contributed by atoms with Crippen LogP contribution in [-0.4, -0.2) is 44.0 Å². The van der Waals surface area contributed by atoms with Gasteiger partial charge in [-0.15, -0.1) is 0 Å². The van der Waals surface area contributed by atoms with Gasteiger partial charge >= 0.3 is 0 Å². The van der Waals surface area contributed by atoms with Gasteiger partial charge in [0.25, 0.3) is 0 Å². The molecule has 1 N–H and O–H groups in total. The minimum Gasteiger partial charge on any atom is -0.369 e. The number of benzene rings is 1. The van der Waals surface area contributed by atoms with Crippen LogP contribution in [0.2, 0.25) is 5.02 Å². The molecule has 108 valence electrons. The van der Waals surface area contributed by atoms with Gasteiger partial charge in [0.15, 0.2) is 0 Å². The van der Waals surface area contributed by atoms with Crippen LogP contribution in [0, 0.1) is 0 Å². The van der Waals surface area contributed by atoms with Gasteiger partial charge in [-0.3, -0.25) is 4.79 Å². The fourth-order valence-electron chi connectivity index (χ4n) is 2.31. The number of likely N-dealkylation sites (N-methyl/N-ethyl adjacent to an activating group) is 1. The Hall–Kier alpha value is -1.52. The summed E-state index contributed by atoms with van der Waals surface area (Å²) in [5.74, 6) is -0.186. The molecule has 0 radical (unpaired) electrons. The van der Waals surface area contributed by atoms with Gasteiger partial charge in [0.2, 0.25) is 5.91 Å². The van der Waals surface area contributed by atoms with Gasteiger partial charge in [0.05, 0.1) is 0 Å². The molecule has 1 fully saturated rings. The van der Waals surface area contributed by atoms with Crippen LogP contribution in [-0.2, 0) is 11.3 Å². The minimum atomic E-state index is -0.186. The fraction of sp³-hybridized carbons (Fsp3) is 0.400. The molecule has 0 atom stereocenters. The van der Waals surface area contributed by atoms with Gasteiger partial charge in [0.1, 0.15) is 0 Å². The zero-order valence-electron chi connectivity index (χ0n) is 11.7. The largest absolute Gasteiger partial charge is 0.369 e. The normalized spacial score (nSPS) is 16.0. The van der Waals surface area contributed by atoms with Gasteiger partial charge in [-0.1, -0.05) is 24.2 Å². The van der Waals surface area contributed by atoms with Crippen molar-refractivity contribution in [2.75, 3.05) is 38.1 Å². The first-order valence-corrected chi connectivity index (χ1v) is 7.10. The molecular formula is C15H20ClN3O. The van der Waals surface area contributed by atoms with Crippen LogP contribution in [0.3, 0.4) is 0 Å². The number of carbonyl (C=O) groups is 1. The van der Waals surface area contributed by atoms with Crippen molar-refractivity contribution in [1.82, 2.24) is 10.2 Å². The number of hydrogen-bond acceptors (Lipinski definition) is 3. The zero-order chi connectivity index (χ0) is 14.5. The SMILES string of the molecule is C=CC(=O)NCc1c(Cl)cccc1N1CCN(C)CC1. The highest BCUT2D eigenvalue weighted by molar-refractivity contribution is 6.31. The molecule has 1 heterocycles. The van der Waals surface area contributed by atoms with E-state index in [2.05, 4.69) is 34.8 Å². The fourth-order valence-corrected chi connectivity index (χ4v) is 2.55. The third-order valence-electron chi connectivity index (χ3n) is 3.56. The van der Waals surface area contributed by atoms with Gasteiger partial charge < -0.3 is 15.1 Å². The summed E-state index contributed by atoms with van der Waals surface area (Å²) in [6.07, 6.45) is 1.27. The van der Waals surface area contributed by atoms with Gasteiger partial charge in [-0.05, 0) is 25.3 Å². The predicted octanol–water partition coefficient (Wildman–Crippen LogP) is 1.89. The molecule has 0 spiro atoms. The van der Waals surface area contributed by atoms with Gasteiger partial charge in [-0.2, -0.15) is 0 Å². The van der Waals surface area contributed by atoms with Crippen LogP contribution >= 0.6 is 11.6 Å². The van der Waals surface area contributed by atoms with E-state index in [0.29, 0.717) is 11.6 Å². The number of rotatable bonds is 4. The number of halogens is 1. The molecule has 20 heavy (non-hydrogen) atoms. The van der Waals surface area contributed by atoms with E-state index in [1.165, 1.54) is 6.08 Å². The molecule has 1 saturated heterocycles. The lowest BCUT2D eigenvalue weighted by Gasteiger charge is -2.35. The molecule has 0 bridgehead atoms. The molecule has 2 rings (SSSR count). The lowest BCUT2D eigenvalue weighted by atomic mass is 10.1. The summed E-state index contributed by atoms with van der Waals surface area (Å²) in [6.45, 7) is 7.89. The molecular weight excluding hydrogens is 274 g/mol. The van der Waals surface area contributed by atoms with E-state index in [0.717, 1.165) is 37.4 Å². The summed E-state index contributed by atoms with van der Waals surface area (Å²) < 4.78 is 0. The maximum atomic E-state index is 11.3. The Labute approximate surface area is 125 Å². The summed E-state index contributed by atoms with van der Waals surface area (Å²) in [4.78, 5) is 16.0. The Balaban J connectivity index is 2.17. The lowest BCUT2D eigenvalue weighted by molar-refractivity contribution is -0.116. The van der Waals surface area contributed by atoms with E-state index < -0.39 is 0 Å². The summed E-state index contributed by atoms with van der Waals surface area (Å²) in [7, 11) is 2.13. The summed E-state index contributed by atoms with van der Waals surface area (Å²) in [6, 6.07) is 5.87. The molecule has 1 aromatic rings. The van der Waals surface area contributed by atoms with Crippen molar-refractivity contribution in [2.45, 2.75) is 6.54 Å². The van der Waals surface area contributed by atoms with Crippen LogP contribution in [0.1, 0.15) is 5.56 Å². The predicted molar refractivity (Wildman–Crippen MR) is 83.2 cm³/mol. The van der Waals surface area contributed by atoms with Crippen LogP contribution in [0.25, 0.3) is 0 Å². The first kappa shape index (κ1) is 14.9. The van der Waals surface area contributed by atoms with Crippen LogP contribution < -0.4 is 10.2 Å². The lowest BCUT2D eigenvalue weighted by Crippen LogP contribution is -2.45. The summed E-state index contributed by atoms with van der Waals surface area (Å²) in [5, 5.41) is 3.49. The van der Waals surface area contributed by atoms with Crippen LogP contribution in [0.5, 0.6) is 0 Å². The second-order valence-corrected chi connectivity index (χ2v) is 5.36. The maximum absolute atomic E-state index is 11.3. The van der Waals surface area contributed by atoms with E-state index >= 15 is 0 Å². The molecule has 4 nitrogen and oxygen atoms in total. The number of carbonyl (C=O) groups excluding carboxylic acids is 1. The van der Waals surface area contributed by atoms with Crippen LogP contribution in [0.4, 0.5) is 5.69 Å². The van der Waals surface area contributed by atoms with E-state index in [-0.39, 0.29) is 5.91 Å². The molecule has 5 heteroatoms. The molecule has 1 aliphatic rings. The maximum Gasteiger partial charge on any atom is 0.243 e. The number of piperazine rings is 1. The van der Waals surface area contributed by atoms with Gasteiger partial charge in [0, 0.05) is 49.0 Å². The molecule has 0 aromatic heterocycles. The topological polar surface area (TPSA) is 35.6 Å². The highest BCUT2D eigenvalue weighted by Gasteiger charge is 2.18. The zero-order valence-corrected chi connectivity index (χ0v) is 12.5. The average Bonchev–Trinajstić information content (AvgIpc) is 2.46. The molecule has 1 aromatic carbocycles. The second kappa shape index (κ2) is 6.77. The molecule has 1 amide bonds. The number of anilines is 1. The number of amides is 1. The molecule has 0 saturated carbocycles. The van der Waals surface area contributed by atoms with Crippen molar-refractivity contribution in [3.63, 3.8) is 0 Å². The molecule has 0 unspecified atom stereocenters. The van der Waals surface area contributed by atoms with E-state index in [4.69, 9.17) is 11.6 Å². The van der Waals surface area contributed by atoms with Crippen molar-refractivity contribution in [3.8, 4) is 0 Å². The van der Waals surface area contributed by atoms with E-state index in [1.807, 2.05) is 12.1 Å². The van der Waals surface area contributed by atoms with Crippen molar-refractivity contribution >= 4 is 23.2 Å². The van der Waals surface area contributed by atoms with Gasteiger partial charge in [-0.25, -0.2) is 0 Å². The standard InChI is InChI=1S/C15H20ClN3O/c1-3-15(20)17-11-12-13(16)5-4-6-14(12)19-9-7-18(2)8-10-19/h3-6H,1,7-11H2,2H3,(H,17,20). The van der Waals surface area contributed by atoms with Crippen molar-refractivity contribution in [2.24, 2.45) is 0 Å². The molecule has 1 aliphatic heterocycles.